The fourth-order valence-electron chi connectivity index (χ4n) is 1.31. The molecule has 0 aliphatic heterocycles. The predicted molar refractivity (Wildman–Crippen MR) is 59.8 cm³/mol. The van der Waals surface area contributed by atoms with Gasteiger partial charge in [-0.05, 0) is 12.8 Å². The zero-order valence-corrected chi connectivity index (χ0v) is 10.0. The molecular weight excluding hydrogens is 248 g/mol. The Hall–Kier alpha value is -0.0900. The normalized spacial score (nSPS) is 12.7. The second-order valence-electron chi connectivity index (χ2n) is 3.50. The smallest absolute Gasteiger partial charge is 0.305 e. The van der Waals surface area contributed by atoms with Gasteiger partial charge in [-0.1, -0.05) is 41.6 Å². The molecule has 0 aliphatic rings. The van der Waals surface area contributed by atoms with Crippen molar-refractivity contribution < 1.29 is 15.0 Å². The number of aliphatic hydroxyl groups excluding tert-OH is 1. The van der Waals surface area contributed by atoms with E-state index in [0.717, 1.165) is 18.2 Å². The molecule has 14 heavy (non-hydrogen) atoms. The van der Waals surface area contributed by atoms with Crippen molar-refractivity contribution in [3.8, 4) is 0 Å². The quantitative estimate of drug-likeness (QED) is 0.498. The molecule has 0 saturated heterocycles. The first kappa shape index (κ1) is 13.9. The SMILES string of the molecule is O=C(O)CC(O)CCCCCCCBr. The molecule has 0 aromatic rings. The molecule has 0 saturated carbocycles. The highest BCUT2D eigenvalue weighted by Crippen LogP contribution is 2.09. The summed E-state index contributed by atoms with van der Waals surface area (Å²) in [6.07, 6.45) is 5.41. The Morgan fingerprint density at radius 1 is 1.14 bits per heavy atom. The van der Waals surface area contributed by atoms with Crippen LogP contribution in [-0.2, 0) is 4.79 Å². The summed E-state index contributed by atoms with van der Waals surface area (Å²) in [5, 5.41) is 18.7. The van der Waals surface area contributed by atoms with E-state index in [9.17, 15) is 9.90 Å². The molecular formula is C10H19BrO3. The maximum absolute atomic E-state index is 10.2. The highest BCUT2D eigenvalue weighted by molar-refractivity contribution is 9.09. The number of halogens is 1. The Balaban J connectivity index is 3.14. The molecule has 3 nitrogen and oxygen atoms in total. The third-order valence-corrected chi connectivity index (χ3v) is 2.64. The molecule has 0 heterocycles. The predicted octanol–water partition coefficient (Wildman–Crippen LogP) is 2.56. The van der Waals surface area contributed by atoms with Crippen LogP contribution in [0.1, 0.15) is 44.9 Å². The molecule has 0 rings (SSSR count). The molecule has 0 fully saturated rings. The summed E-state index contributed by atoms with van der Waals surface area (Å²) in [6.45, 7) is 0. The highest BCUT2D eigenvalue weighted by atomic mass is 79.9. The minimum Gasteiger partial charge on any atom is -0.481 e. The number of carbonyl (C=O) groups is 1. The van der Waals surface area contributed by atoms with Gasteiger partial charge in [-0.3, -0.25) is 4.79 Å². The van der Waals surface area contributed by atoms with Crippen LogP contribution in [-0.4, -0.2) is 27.6 Å². The molecule has 1 atom stereocenters. The molecule has 0 aliphatic carbocycles. The van der Waals surface area contributed by atoms with E-state index in [1.54, 1.807) is 0 Å². The first-order chi connectivity index (χ1) is 6.66. The summed E-state index contributed by atoms with van der Waals surface area (Å²) < 4.78 is 0. The molecule has 0 bridgehead atoms. The van der Waals surface area contributed by atoms with Gasteiger partial charge in [-0.2, -0.15) is 0 Å². The number of alkyl halides is 1. The van der Waals surface area contributed by atoms with E-state index in [-0.39, 0.29) is 6.42 Å². The first-order valence-corrected chi connectivity index (χ1v) is 6.24. The van der Waals surface area contributed by atoms with Crippen molar-refractivity contribution in [3.05, 3.63) is 0 Å². The summed E-state index contributed by atoms with van der Waals surface area (Å²) in [5.74, 6) is -0.920. The lowest BCUT2D eigenvalue weighted by Gasteiger charge is -2.06. The Kier molecular flexibility index (Phi) is 9.40. The van der Waals surface area contributed by atoms with Crippen LogP contribution in [0.2, 0.25) is 0 Å². The van der Waals surface area contributed by atoms with E-state index < -0.39 is 12.1 Å². The Bertz CT molecular complexity index is 150. The summed E-state index contributed by atoms with van der Waals surface area (Å²) >= 11 is 3.36. The zero-order chi connectivity index (χ0) is 10.8. The van der Waals surface area contributed by atoms with Crippen molar-refractivity contribution in [2.45, 2.75) is 51.0 Å². The first-order valence-electron chi connectivity index (χ1n) is 5.12. The highest BCUT2D eigenvalue weighted by Gasteiger charge is 2.08. The third-order valence-electron chi connectivity index (χ3n) is 2.08. The lowest BCUT2D eigenvalue weighted by atomic mass is 10.1. The fraction of sp³-hybridized carbons (Fsp3) is 0.900. The van der Waals surface area contributed by atoms with E-state index in [4.69, 9.17) is 5.11 Å². The second kappa shape index (κ2) is 9.46. The topological polar surface area (TPSA) is 57.5 Å². The average molecular weight is 267 g/mol. The lowest BCUT2D eigenvalue weighted by molar-refractivity contribution is -0.139. The van der Waals surface area contributed by atoms with Gasteiger partial charge in [-0.15, -0.1) is 0 Å². The van der Waals surface area contributed by atoms with Crippen molar-refractivity contribution in [2.24, 2.45) is 0 Å². The van der Waals surface area contributed by atoms with E-state index in [2.05, 4.69) is 15.9 Å². The molecule has 1 unspecified atom stereocenters. The van der Waals surface area contributed by atoms with Gasteiger partial charge in [0.05, 0.1) is 12.5 Å². The molecule has 2 N–H and O–H groups in total. The van der Waals surface area contributed by atoms with Crippen LogP contribution in [0.5, 0.6) is 0 Å². The second-order valence-corrected chi connectivity index (χ2v) is 4.29. The van der Waals surface area contributed by atoms with E-state index >= 15 is 0 Å². The minimum absolute atomic E-state index is 0.124. The largest absolute Gasteiger partial charge is 0.481 e. The molecule has 0 spiro atoms. The van der Waals surface area contributed by atoms with Gasteiger partial charge in [0.1, 0.15) is 0 Å². The minimum atomic E-state index is -0.920. The van der Waals surface area contributed by atoms with Crippen LogP contribution >= 0.6 is 15.9 Å². The molecule has 0 radical (unpaired) electrons. The molecule has 0 aromatic heterocycles. The fourth-order valence-corrected chi connectivity index (χ4v) is 1.70. The molecule has 0 amide bonds. The maximum atomic E-state index is 10.2. The van der Waals surface area contributed by atoms with Gasteiger partial charge >= 0.3 is 5.97 Å². The van der Waals surface area contributed by atoms with Gasteiger partial charge in [0.15, 0.2) is 0 Å². The molecule has 84 valence electrons. The van der Waals surface area contributed by atoms with Gasteiger partial charge in [-0.25, -0.2) is 0 Å². The van der Waals surface area contributed by atoms with Crippen molar-refractivity contribution in [2.75, 3.05) is 5.33 Å². The summed E-state index contributed by atoms with van der Waals surface area (Å²) in [6, 6.07) is 0. The number of aliphatic carboxylic acids is 1. The zero-order valence-electron chi connectivity index (χ0n) is 8.41. The van der Waals surface area contributed by atoms with Crippen LogP contribution < -0.4 is 0 Å². The van der Waals surface area contributed by atoms with Crippen molar-refractivity contribution in [1.82, 2.24) is 0 Å². The number of hydrogen-bond acceptors (Lipinski definition) is 2. The summed E-state index contributed by atoms with van der Waals surface area (Å²) in [4.78, 5) is 10.2. The average Bonchev–Trinajstić information content (AvgIpc) is 2.10. The summed E-state index contributed by atoms with van der Waals surface area (Å²) in [7, 11) is 0. The van der Waals surface area contributed by atoms with Gasteiger partial charge in [0, 0.05) is 5.33 Å². The number of aliphatic hydroxyl groups is 1. The van der Waals surface area contributed by atoms with Gasteiger partial charge < -0.3 is 10.2 Å². The number of carboxylic acids is 1. The lowest BCUT2D eigenvalue weighted by Crippen LogP contribution is -2.12. The summed E-state index contributed by atoms with van der Waals surface area (Å²) in [5.41, 5.74) is 0. The van der Waals surface area contributed by atoms with Crippen molar-refractivity contribution in [3.63, 3.8) is 0 Å². The van der Waals surface area contributed by atoms with Crippen molar-refractivity contribution >= 4 is 21.9 Å². The maximum Gasteiger partial charge on any atom is 0.305 e. The van der Waals surface area contributed by atoms with Crippen LogP contribution in [0.3, 0.4) is 0 Å². The molecule has 0 aromatic carbocycles. The van der Waals surface area contributed by atoms with Gasteiger partial charge in [0.2, 0.25) is 0 Å². The van der Waals surface area contributed by atoms with Crippen LogP contribution in [0.15, 0.2) is 0 Å². The van der Waals surface area contributed by atoms with E-state index in [0.29, 0.717) is 6.42 Å². The Labute approximate surface area is 93.6 Å². The molecule has 4 heteroatoms. The van der Waals surface area contributed by atoms with E-state index in [1.807, 2.05) is 0 Å². The van der Waals surface area contributed by atoms with Crippen LogP contribution in [0.4, 0.5) is 0 Å². The van der Waals surface area contributed by atoms with Crippen molar-refractivity contribution in [1.29, 1.82) is 0 Å². The van der Waals surface area contributed by atoms with Crippen LogP contribution in [0, 0.1) is 0 Å². The number of carboxylic acid groups (broad SMARTS) is 1. The number of hydrogen-bond donors (Lipinski definition) is 2. The standard InChI is InChI=1S/C10H19BrO3/c11-7-5-3-1-2-4-6-9(12)8-10(13)14/h9,12H,1-8H2,(H,13,14). The Morgan fingerprint density at radius 2 is 1.71 bits per heavy atom. The number of rotatable bonds is 9. The Morgan fingerprint density at radius 3 is 2.29 bits per heavy atom. The number of unbranched alkanes of at least 4 members (excludes halogenated alkanes) is 4. The van der Waals surface area contributed by atoms with Crippen LogP contribution in [0.25, 0.3) is 0 Å². The monoisotopic (exact) mass is 266 g/mol. The van der Waals surface area contributed by atoms with Gasteiger partial charge in [0.25, 0.3) is 0 Å². The van der Waals surface area contributed by atoms with E-state index in [1.165, 1.54) is 19.3 Å². The third kappa shape index (κ3) is 9.99.